The third-order valence-electron chi connectivity index (χ3n) is 4.48. The Labute approximate surface area is 126 Å². The van der Waals surface area contributed by atoms with Crippen molar-refractivity contribution in [1.29, 1.82) is 0 Å². The Morgan fingerprint density at radius 3 is 2.76 bits per heavy atom. The summed E-state index contributed by atoms with van der Waals surface area (Å²) in [5.41, 5.74) is 2.28. The second-order valence-electron chi connectivity index (χ2n) is 6.73. The van der Waals surface area contributed by atoms with Crippen molar-refractivity contribution in [1.82, 2.24) is 10.3 Å². The third-order valence-corrected chi connectivity index (χ3v) is 4.48. The SMILES string of the molecule is CC(C)=CC1C(CNC(=O)c2nccc(C)c2O)C1(C)C. The molecule has 4 nitrogen and oxygen atoms in total. The highest BCUT2D eigenvalue weighted by Gasteiger charge is 2.55. The van der Waals surface area contributed by atoms with E-state index in [0.717, 1.165) is 0 Å². The largest absolute Gasteiger partial charge is 0.505 e. The van der Waals surface area contributed by atoms with Crippen molar-refractivity contribution in [3.63, 3.8) is 0 Å². The van der Waals surface area contributed by atoms with Gasteiger partial charge in [0, 0.05) is 12.7 Å². The zero-order chi connectivity index (χ0) is 15.8. The number of aryl methyl sites for hydroxylation is 1. The number of hydrogen-bond acceptors (Lipinski definition) is 3. The number of rotatable bonds is 4. The lowest BCUT2D eigenvalue weighted by Gasteiger charge is -2.08. The van der Waals surface area contributed by atoms with E-state index in [9.17, 15) is 9.90 Å². The van der Waals surface area contributed by atoms with E-state index in [1.54, 1.807) is 13.0 Å². The lowest BCUT2D eigenvalue weighted by atomic mass is 10.1. The number of carbonyl (C=O) groups is 1. The minimum atomic E-state index is -0.310. The monoisotopic (exact) mass is 288 g/mol. The molecule has 0 radical (unpaired) electrons. The molecule has 1 aromatic heterocycles. The molecule has 0 spiro atoms. The van der Waals surface area contributed by atoms with Gasteiger partial charge in [-0.3, -0.25) is 4.79 Å². The van der Waals surface area contributed by atoms with Crippen LogP contribution in [0.4, 0.5) is 0 Å². The molecule has 0 aliphatic heterocycles. The van der Waals surface area contributed by atoms with Crippen LogP contribution in [0.2, 0.25) is 0 Å². The maximum atomic E-state index is 12.1. The molecule has 1 heterocycles. The van der Waals surface area contributed by atoms with Crippen LogP contribution < -0.4 is 5.32 Å². The Hall–Kier alpha value is -1.84. The summed E-state index contributed by atoms with van der Waals surface area (Å²) in [6, 6.07) is 1.68. The summed E-state index contributed by atoms with van der Waals surface area (Å²) in [4.78, 5) is 16.1. The second-order valence-corrected chi connectivity index (χ2v) is 6.73. The molecular weight excluding hydrogens is 264 g/mol. The summed E-state index contributed by atoms with van der Waals surface area (Å²) in [5.74, 6) is 0.589. The van der Waals surface area contributed by atoms with E-state index in [0.29, 0.717) is 23.9 Å². The van der Waals surface area contributed by atoms with Crippen LogP contribution in [0, 0.1) is 24.2 Å². The number of aromatic nitrogens is 1. The standard InChI is InChI=1S/C17H24N2O2/c1-10(2)8-12-13(17(12,4)5)9-19-16(21)14-15(20)11(3)6-7-18-14/h6-8,12-13,20H,9H2,1-5H3,(H,19,21). The molecule has 2 N–H and O–H groups in total. The minimum absolute atomic E-state index is 0.0362. The van der Waals surface area contributed by atoms with Crippen molar-refractivity contribution in [2.75, 3.05) is 6.54 Å². The maximum absolute atomic E-state index is 12.1. The van der Waals surface area contributed by atoms with Gasteiger partial charge >= 0.3 is 0 Å². The highest BCUT2D eigenvalue weighted by atomic mass is 16.3. The number of aromatic hydroxyl groups is 1. The molecule has 1 aliphatic rings. The molecule has 0 aromatic carbocycles. The molecule has 1 aliphatic carbocycles. The van der Waals surface area contributed by atoms with Gasteiger partial charge in [0.25, 0.3) is 5.91 Å². The summed E-state index contributed by atoms with van der Waals surface area (Å²) in [5, 5.41) is 12.8. The first-order chi connectivity index (χ1) is 9.75. The fraction of sp³-hybridized carbons (Fsp3) is 0.529. The number of carbonyl (C=O) groups excluding carboxylic acids is 1. The lowest BCUT2D eigenvalue weighted by molar-refractivity contribution is 0.0942. The van der Waals surface area contributed by atoms with Gasteiger partial charge in [-0.1, -0.05) is 25.5 Å². The number of hydrogen-bond donors (Lipinski definition) is 2. The van der Waals surface area contributed by atoms with Crippen LogP contribution in [0.15, 0.2) is 23.9 Å². The van der Waals surface area contributed by atoms with Gasteiger partial charge in [0.05, 0.1) is 0 Å². The van der Waals surface area contributed by atoms with E-state index < -0.39 is 0 Å². The first kappa shape index (κ1) is 15.5. The average Bonchev–Trinajstić information content (AvgIpc) is 2.89. The van der Waals surface area contributed by atoms with E-state index in [1.165, 1.54) is 11.8 Å². The van der Waals surface area contributed by atoms with Crippen molar-refractivity contribution in [3.05, 3.63) is 35.2 Å². The summed E-state index contributed by atoms with van der Waals surface area (Å²) < 4.78 is 0. The smallest absolute Gasteiger partial charge is 0.273 e. The Morgan fingerprint density at radius 2 is 2.14 bits per heavy atom. The minimum Gasteiger partial charge on any atom is -0.505 e. The van der Waals surface area contributed by atoms with Crippen LogP contribution in [0.1, 0.15) is 43.7 Å². The molecule has 0 saturated heterocycles. The van der Waals surface area contributed by atoms with E-state index in [-0.39, 0.29) is 22.8 Å². The fourth-order valence-electron chi connectivity index (χ4n) is 2.87. The van der Waals surface area contributed by atoms with E-state index in [2.05, 4.69) is 44.1 Å². The summed E-state index contributed by atoms with van der Waals surface area (Å²) in [7, 11) is 0. The van der Waals surface area contributed by atoms with Gasteiger partial charge in [-0.25, -0.2) is 4.98 Å². The highest BCUT2D eigenvalue weighted by molar-refractivity contribution is 5.95. The summed E-state index contributed by atoms with van der Waals surface area (Å²) in [6.07, 6.45) is 3.82. The Bertz CT molecular complexity index is 586. The molecule has 114 valence electrons. The lowest BCUT2D eigenvalue weighted by Crippen LogP contribution is -2.27. The number of nitrogens with zero attached hydrogens (tertiary/aromatic N) is 1. The topological polar surface area (TPSA) is 62.2 Å². The number of nitrogens with one attached hydrogen (secondary N) is 1. The summed E-state index contributed by atoms with van der Waals surface area (Å²) >= 11 is 0. The van der Waals surface area contributed by atoms with Gasteiger partial charge in [0.2, 0.25) is 0 Å². The predicted octanol–water partition coefficient (Wildman–Crippen LogP) is 3.06. The van der Waals surface area contributed by atoms with Gasteiger partial charge in [0.15, 0.2) is 5.69 Å². The summed E-state index contributed by atoms with van der Waals surface area (Å²) in [6.45, 7) is 11.0. The van der Waals surface area contributed by atoms with Gasteiger partial charge in [0.1, 0.15) is 5.75 Å². The fourth-order valence-corrected chi connectivity index (χ4v) is 2.87. The molecule has 1 aromatic rings. The Morgan fingerprint density at radius 1 is 1.48 bits per heavy atom. The van der Waals surface area contributed by atoms with Crippen molar-refractivity contribution in [3.8, 4) is 5.75 Å². The molecule has 1 saturated carbocycles. The van der Waals surface area contributed by atoms with Crippen molar-refractivity contribution in [2.24, 2.45) is 17.3 Å². The number of allylic oxidation sites excluding steroid dienone is 2. The molecule has 1 fully saturated rings. The van der Waals surface area contributed by atoms with Crippen LogP contribution >= 0.6 is 0 Å². The van der Waals surface area contributed by atoms with E-state index in [1.807, 2.05) is 0 Å². The third kappa shape index (κ3) is 3.09. The quantitative estimate of drug-likeness (QED) is 0.837. The maximum Gasteiger partial charge on any atom is 0.273 e. The molecule has 2 atom stereocenters. The van der Waals surface area contributed by atoms with Crippen molar-refractivity contribution >= 4 is 5.91 Å². The van der Waals surface area contributed by atoms with Crippen LogP contribution in [-0.2, 0) is 0 Å². The van der Waals surface area contributed by atoms with Crippen LogP contribution in [-0.4, -0.2) is 22.5 Å². The average molecular weight is 288 g/mol. The molecule has 2 rings (SSSR count). The normalized spacial score (nSPS) is 22.5. The predicted molar refractivity (Wildman–Crippen MR) is 83.2 cm³/mol. The van der Waals surface area contributed by atoms with Gasteiger partial charge in [-0.2, -0.15) is 0 Å². The van der Waals surface area contributed by atoms with Crippen LogP contribution in [0.25, 0.3) is 0 Å². The molecule has 21 heavy (non-hydrogen) atoms. The van der Waals surface area contributed by atoms with Crippen LogP contribution in [0.5, 0.6) is 5.75 Å². The molecular formula is C17H24N2O2. The molecule has 2 unspecified atom stereocenters. The van der Waals surface area contributed by atoms with E-state index >= 15 is 0 Å². The van der Waals surface area contributed by atoms with Crippen molar-refractivity contribution in [2.45, 2.75) is 34.6 Å². The van der Waals surface area contributed by atoms with Gasteiger partial charge < -0.3 is 10.4 Å². The number of pyridine rings is 1. The zero-order valence-electron chi connectivity index (χ0n) is 13.4. The second kappa shape index (κ2) is 5.51. The van der Waals surface area contributed by atoms with Gasteiger partial charge in [-0.15, -0.1) is 0 Å². The first-order valence-electron chi connectivity index (χ1n) is 7.33. The number of amides is 1. The van der Waals surface area contributed by atoms with E-state index in [4.69, 9.17) is 0 Å². The molecule has 1 amide bonds. The molecule has 4 heteroatoms. The molecule has 0 bridgehead atoms. The first-order valence-corrected chi connectivity index (χ1v) is 7.33. The van der Waals surface area contributed by atoms with Gasteiger partial charge in [-0.05, 0) is 49.7 Å². The Kier molecular flexibility index (Phi) is 4.08. The Balaban J connectivity index is 2.00. The van der Waals surface area contributed by atoms with Crippen LogP contribution in [0.3, 0.4) is 0 Å². The zero-order valence-corrected chi connectivity index (χ0v) is 13.4. The highest BCUT2D eigenvalue weighted by Crippen LogP contribution is 2.58. The van der Waals surface area contributed by atoms with Crippen molar-refractivity contribution < 1.29 is 9.90 Å².